The number of hydrogen-bond acceptors (Lipinski definition) is 5. The van der Waals surface area contributed by atoms with E-state index in [1.807, 2.05) is 0 Å². The van der Waals surface area contributed by atoms with Gasteiger partial charge in [-0.15, -0.1) is 0 Å². The summed E-state index contributed by atoms with van der Waals surface area (Å²) in [6.45, 7) is 6.95. The fourth-order valence-corrected chi connectivity index (χ4v) is 11.7. The highest BCUT2D eigenvalue weighted by Crippen LogP contribution is 2.13. The highest BCUT2D eigenvalue weighted by molar-refractivity contribution is 6.50. The van der Waals surface area contributed by atoms with Gasteiger partial charge in [0.15, 0.2) is 0 Å². The second-order valence-corrected chi connectivity index (χ2v) is 16.7. The largest absolute Gasteiger partial charge is 0.425 e. The zero-order chi connectivity index (χ0) is 19.1. The highest BCUT2D eigenvalue weighted by atomic mass is 28.4. The van der Waals surface area contributed by atoms with Gasteiger partial charge >= 0.3 is 0 Å². The predicted molar refractivity (Wildman–Crippen MR) is 124 cm³/mol. The van der Waals surface area contributed by atoms with Gasteiger partial charge in [-0.2, -0.15) is 0 Å². The minimum atomic E-state index is -0.724. The smallest absolute Gasteiger partial charge is 0.286 e. The van der Waals surface area contributed by atoms with Crippen LogP contribution in [0.1, 0.15) is 97.8 Å². The molecule has 0 atom stereocenters. The van der Waals surface area contributed by atoms with E-state index in [9.17, 15) is 0 Å². The average molecular weight is 457 g/mol. The molecule has 0 aromatic rings. The lowest BCUT2D eigenvalue weighted by atomic mass is 10.0. The van der Waals surface area contributed by atoms with Crippen molar-refractivity contribution in [2.24, 2.45) is 5.92 Å². The standard InChI is InChI=1S/C16H34.H10O5Si5/c1-4-5-6-7-8-9-10-11-12-13-14-15-16(2)3;1-6-2-8-4-10-5-9-3-7-1/h16H,4-15H2,1-3H3;6-10H2. The molecule has 0 bridgehead atoms. The molecule has 0 radical (unpaired) electrons. The van der Waals surface area contributed by atoms with E-state index in [-0.39, 0.29) is 0 Å². The molecule has 0 saturated carbocycles. The van der Waals surface area contributed by atoms with E-state index in [1.54, 1.807) is 0 Å². The minimum Gasteiger partial charge on any atom is -0.425 e. The SMILES string of the molecule is CCCCCCCCCCCCCC(C)C.O1[SiH2]O[SiH2]O[SiH2]O[SiH2]O[SiH2]1. The van der Waals surface area contributed by atoms with Gasteiger partial charge in [-0.1, -0.05) is 97.8 Å². The van der Waals surface area contributed by atoms with Crippen molar-refractivity contribution < 1.29 is 20.6 Å². The summed E-state index contributed by atoms with van der Waals surface area (Å²) in [5.41, 5.74) is 0. The molecule has 10 heteroatoms. The van der Waals surface area contributed by atoms with Crippen molar-refractivity contribution in [1.82, 2.24) is 0 Å². The van der Waals surface area contributed by atoms with Crippen LogP contribution >= 0.6 is 0 Å². The van der Waals surface area contributed by atoms with E-state index in [4.69, 9.17) is 20.6 Å². The quantitative estimate of drug-likeness (QED) is 0.328. The number of rotatable bonds is 12. The lowest BCUT2D eigenvalue weighted by Gasteiger charge is -2.10. The second-order valence-electron chi connectivity index (χ2n) is 7.33. The van der Waals surface area contributed by atoms with E-state index in [1.165, 1.54) is 77.0 Å². The van der Waals surface area contributed by atoms with Crippen LogP contribution in [0.5, 0.6) is 0 Å². The van der Waals surface area contributed by atoms with Crippen LogP contribution in [0.25, 0.3) is 0 Å². The van der Waals surface area contributed by atoms with Crippen LogP contribution in [0.15, 0.2) is 0 Å². The Morgan fingerprint density at radius 2 is 0.808 bits per heavy atom. The maximum atomic E-state index is 5.17. The van der Waals surface area contributed by atoms with Gasteiger partial charge in [0.1, 0.15) is 0 Å². The summed E-state index contributed by atoms with van der Waals surface area (Å²) in [5.74, 6) is 0.901. The molecular weight excluding hydrogens is 413 g/mol. The first-order chi connectivity index (χ1) is 12.8. The van der Waals surface area contributed by atoms with Crippen molar-refractivity contribution in [2.45, 2.75) is 97.8 Å². The maximum Gasteiger partial charge on any atom is 0.286 e. The third-order valence-corrected chi connectivity index (χ3v) is 10.9. The third-order valence-electron chi connectivity index (χ3n) is 4.22. The maximum absolute atomic E-state index is 5.17. The van der Waals surface area contributed by atoms with Crippen molar-refractivity contribution in [3.63, 3.8) is 0 Å². The Hall–Kier alpha value is 0.884. The summed E-state index contributed by atoms with van der Waals surface area (Å²) < 4.78 is 25.8. The predicted octanol–water partition coefficient (Wildman–Crippen LogP) is 1.42. The van der Waals surface area contributed by atoms with Crippen LogP contribution in [0.2, 0.25) is 0 Å². The molecule has 0 spiro atoms. The molecule has 0 aliphatic carbocycles. The highest BCUT2D eigenvalue weighted by Gasteiger charge is 1.97. The molecular formula is C16H44O5Si5. The van der Waals surface area contributed by atoms with Gasteiger partial charge in [-0.3, -0.25) is 0 Å². The molecule has 0 aromatic carbocycles. The fourth-order valence-electron chi connectivity index (χ4n) is 2.68. The van der Waals surface area contributed by atoms with Gasteiger partial charge in [0, 0.05) is 0 Å². The Morgan fingerprint density at radius 3 is 1.12 bits per heavy atom. The first kappa shape index (κ1) is 26.9. The van der Waals surface area contributed by atoms with Crippen LogP contribution in [0.4, 0.5) is 0 Å². The zero-order valence-electron chi connectivity index (χ0n) is 17.6. The molecule has 0 aromatic heterocycles. The summed E-state index contributed by atoms with van der Waals surface area (Å²) in [5, 5.41) is 0. The molecule has 1 heterocycles. The van der Waals surface area contributed by atoms with Crippen molar-refractivity contribution in [3.05, 3.63) is 0 Å². The van der Waals surface area contributed by atoms with Gasteiger partial charge in [0.25, 0.3) is 50.0 Å². The topological polar surface area (TPSA) is 46.2 Å². The summed E-state index contributed by atoms with van der Waals surface area (Å²) >= 11 is 0. The molecule has 1 aliphatic heterocycles. The average Bonchev–Trinajstić information content (AvgIpc) is 2.65. The van der Waals surface area contributed by atoms with E-state index < -0.39 is 50.0 Å². The minimum absolute atomic E-state index is 0.724. The normalized spacial score (nSPS) is 20.8. The Balaban J connectivity index is 0.000000531. The van der Waals surface area contributed by atoms with Crippen molar-refractivity contribution >= 4 is 50.0 Å². The molecule has 0 unspecified atom stereocenters. The van der Waals surface area contributed by atoms with Gasteiger partial charge in [-0.05, 0) is 5.92 Å². The van der Waals surface area contributed by atoms with Crippen LogP contribution in [0, 0.1) is 5.92 Å². The molecule has 1 rings (SSSR count). The molecule has 158 valence electrons. The summed E-state index contributed by atoms with van der Waals surface area (Å²) in [7, 11) is -3.62. The van der Waals surface area contributed by atoms with Gasteiger partial charge in [-0.25, -0.2) is 0 Å². The monoisotopic (exact) mass is 456 g/mol. The van der Waals surface area contributed by atoms with Gasteiger partial charge < -0.3 is 20.6 Å². The number of unbranched alkanes of at least 4 members (excludes halogenated alkanes) is 10. The van der Waals surface area contributed by atoms with Crippen LogP contribution in [-0.2, 0) is 20.6 Å². The molecule has 1 aliphatic rings. The van der Waals surface area contributed by atoms with Gasteiger partial charge in [0.2, 0.25) is 0 Å². The molecule has 0 amide bonds. The van der Waals surface area contributed by atoms with E-state index in [0.29, 0.717) is 0 Å². The van der Waals surface area contributed by atoms with E-state index in [0.717, 1.165) is 5.92 Å². The Morgan fingerprint density at radius 1 is 0.500 bits per heavy atom. The lowest BCUT2D eigenvalue weighted by molar-refractivity contribution is 0.347. The molecule has 1 fully saturated rings. The van der Waals surface area contributed by atoms with Crippen molar-refractivity contribution in [3.8, 4) is 0 Å². The summed E-state index contributed by atoms with van der Waals surface area (Å²) in [4.78, 5) is 0. The van der Waals surface area contributed by atoms with Crippen molar-refractivity contribution in [2.75, 3.05) is 0 Å². The molecule has 5 nitrogen and oxygen atoms in total. The third kappa shape index (κ3) is 24.9. The second kappa shape index (κ2) is 23.9. The zero-order valence-corrected chi connectivity index (χ0v) is 24.7. The molecule has 0 N–H and O–H groups in total. The number of hydrogen-bond donors (Lipinski definition) is 0. The first-order valence-corrected chi connectivity index (χ1v) is 16.4. The van der Waals surface area contributed by atoms with Gasteiger partial charge in [0.05, 0.1) is 0 Å². The molecule has 26 heavy (non-hydrogen) atoms. The van der Waals surface area contributed by atoms with Crippen molar-refractivity contribution in [1.29, 1.82) is 0 Å². The Labute approximate surface area is 174 Å². The Bertz CT molecular complexity index is 232. The first-order valence-electron chi connectivity index (χ1n) is 10.7. The molecule has 1 saturated heterocycles. The van der Waals surface area contributed by atoms with E-state index in [2.05, 4.69) is 20.8 Å². The van der Waals surface area contributed by atoms with E-state index >= 15 is 0 Å². The van der Waals surface area contributed by atoms with Crippen LogP contribution < -0.4 is 0 Å². The fraction of sp³-hybridized carbons (Fsp3) is 1.00. The Kier molecular flexibility index (Phi) is 24.7. The summed E-state index contributed by atoms with van der Waals surface area (Å²) in [6, 6.07) is 0. The van der Waals surface area contributed by atoms with Crippen LogP contribution in [-0.4, -0.2) is 50.0 Å². The summed E-state index contributed by atoms with van der Waals surface area (Å²) in [6.07, 6.45) is 17.5. The van der Waals surface area contributed by atoms with Crippen LogP contribution in [0.3, 0.4) is 0 Å². The lowest BCUT2D eigenvalue weighted by Crippen LogP contribution is -2.23.